The molecule has 1 aromatic carbocycles. The Morgan fingerprint density at radius 2 is 1.93 bits per heavy atom. The third-order valence-electron chi connectivity index (χ3n) is 3.15. The second-order valence-corrected chi connectivity index (χ2v) is 4.45. The summed E-state index contributed by atoms with van der Waals surface area (Å²) in [5.74, 6) is 0.765. The SMILES string of the molecule is NCC1CN(CCCc2ccccc2)C1. The molecule has 1 fully saturated rings. The molecule has 1 saturated heterocycles. The van der Waals surface area contributed by atoms with Gasteiger partial charge < -0.3 is 10.6 Å². The molecule has 2 rings (SSSR count). The van der Waals surface area contributed by atoms with Crippen LogP contribution in [0.3, 0.4) is 0 Å². The van der Waals surface area contributed by atoms with E-state index < -0.39 is 0 Å². The Morgan fingerprint density at radius 3 is 2.60 bits per heavy atom. The molecule has 15 heavy (non-hydrogen) atoms. The summed E-state index contributed by atoms with van der Waals surface area (Å²) in [5, 5.41) is 0. The molecule has 2 heteroatoms. The molecule has 1 heterocycles. The summed E-state index contributed by atoms with van der Waals surface area (Å²) in [7, 11) is 0. The zero-order chi connectivity index (χ0) is 10.5. The Kier molecular flexibility index (Phi) is 3.75. The summed E-state index contributed by atoms with van der Waals surface area (Å²) >= 11 is 0. The summed E-state index contributed by atoms with van der Waals surface area (Å²) in [6, 6.07) is 10.7. The highest BCUT2D eigenvalue weighted by Gasteiger charge is 2.23. The van der Waals surface area contributed by atoms with Crippen LogP contribution in [0.4, 0.5) is 0 Å². The third kappa shape index (κ3) is 3.05. The van der Waals surface area contributed by atoms with Gasteiger partial charge in [-0.15, -0.1) is 0 Å². The van der Waals surface area contributed by atoms with Gasteiger partial charge in [-0.2, -0.15) is 0 Å². The van der Waals surface area contributed by atoms with Crippen LogP contribution in [-0.2, 0) is 6.42 Å². The second-order valence-electron chi connectivity index (χ2n) is 4.45. The van der Waals surface area contributed by atoms with Gasteiger partial charge in [-0.3, -0.25) is 0 Å². The van der Waals surface area contributed by atoms with Gasteiger partial charge in [0.05, 0.1) is 0 Å². The lowest BCUT2D eigenvalue weighted by Crippen LogP contribution is -2.50. The molecule has 2 nitrogen and oxygen atoms in total. The highest BCUT2D eigenvalue weighted by molar-refractivity contribution is 5.14. The van der Waals surface area contributed by atoms with Crippen LogP contribution in [0.1, 0.15) is 12.0 Å². The summed E-state index contributed by atoms with van der Waals surface area (Å²) in [5.41, 5.74) is 7.04. The van der Waals surface area contributed by atoms with Crippen molar-refractivity contribution in [1.29, 1.82) is 0 Å². The van der Waals surface area contributed by atoms with Gasteiger partial charge in [-0.1, -0.05) is 30.3 Å². The number of hydrogen-bond acceptors (Lipinski definition) is 2. The average molecular weight is 204 g/mol. The molecule has 1 aliphatic rings. The van der Waals surface area contributed by atoms with Crippen LogP contribution >= 0.6 is 0 Å². The average Bonchev–Trinajstić information content (AvgIpc) is 2.23. The van der Waals surface area contributed by atoms with E-state index in [0.29, 0.717) is 0 Å². The topological polar surface area (TPSA) is 29.3 Å². The van der Waals surface area contributed by atoms with E-state index in [1.165, 1.54) is 38.0 Å². The van der Waals surface area contributed by atoms with E-state index >= 15 is 0 Å². The molecule has 0 spiro atoms. The van der Waals surface area contributed by atoms with Crippen molar-refractivity contribution in [1.82, 2.24) is 4.90 Å². The number of aryl methyl sites for hydroxylation is 1. The summed E-state index contributed by atoms with van der Waals surface area (Å²) in [6.45, 7) is 4.51. The fraction of sp³-hybridized carbons (Fsp3) is 0.538. The summed E-state index contributed by atoms with van der Waals surface area (Å²) in [6.07, 6.45) is 2.46. The first kappa shape index (κ1) is 10.7. The van der Waals surface area contributed by atoms with Crippen LogP contribution < -0.4 is 5.73 Å². The maximum atomic E-state index is 5.59. The van der Waals surface area contributed by atoms with E-state index in [1.807, 2.05) is 0 Å². The van der Waals surface area contributed by atoms with Crippen molar-refractivity contribution in [2.24, 2.45) is 11.7 Å². The number of benzene rings is 1. The van der Waals surface area contributed by atoms with Crippen LogP contribution in [0.5, 0.6) is 0 Å². The van der Waals surface area contributed by atoms with Crippen molar-refractivity contribution >= 4 is 0 Å². The second kappa shape index (κ2) is 5.29. The van der Waals surface area contributed by atoms with E-state index in [9.17, 15) is 0 Å². The number of rotatable bonds is 5. The number of likely N-dealkylation sites (tertiary alicyclic amines) is 1. The fourth-order valence-corrected chi connectivity index (χ4v) is 2.16. The lowest BCUT2D eigenvalue weighted by Gasteiger charge is -2.38. The van der Waals surface area contributed by atoms with E-state index in [4.69, 9.17) is 5.73 Å². The third-order valence-corrected chi connectivity index (χ3v) is 3.15. The molecule has 1 aliphatic heterocycles. The minimum absolute atomic E-state index is 0.765. The van der Waals surface area contributed by atoms with Gasteiger partial charge in [0.15, 0.2) is 0 Å². The number of nitrogens with zero attached hydrogens (tertiary/aromatic N) is 1. The highest BCUT2D eigenvalue weighted by Crippen LogP contribution is 2.14. The molecular weight excluding hydrogens is 184 g/mol. The Bertz CT molecular complexity index is 278. The van der Waals surface area contributed by atoms with Crippen molar-refractivity contribution < 1.29 is 0 Å². The smallest absolute Gasteiger partial charge is 0.00341 e. The Morgan fingerprint density at radius 1 is 1.20 bits per heavy atom. The van der Waals surface area contributed by atoms with E-state index in [0.717, 1.165) is 12.5 Å². The van der Waals surface area contributed by atoms with Crippen LogP contribution in [0.15, 0.2) is 30.3 Å². The normalized spacial score (nSPS) is 17.7. The zero-order valence-electron chi connectivity index (χ0n) is 9.23. The molecule has 2 N–H and O–H groups in total. The van der Waals surface area contributed by atoms with Crippen LogP contribution in [0.25, 0.3) is 0 Å². The highest BCUT2D eigenvalue weighted by atomic mass is 15.2. The molecule has 0 aliphatic carbocycles. The molecule has 0 aromatic heterocycles. The van der Waals surface area contributed by atoms with Crippen molar-refractivity contribution in [3.63, 3.8) is 0 Å². The van der Waals surface area contributed by atoms with Gasteiger partial charge >= 0.3 is 0 Å². The van der Waals surface area contributed by atoms with Crippen molar-refractivity contribution in [3.8, 4) is 0 Å². The Labute approximate surface area is 92.1 Å². The lowest BCUT2D eigenvalue weighted by molar-refractivity contribution is 0.105. The Balaban J connectivity index is 1.60. The first-order valence-electron chi connectivity index (χ1n) is 5.85. The summed E-state index contributed by atoms with van der Waals surface area (Å²) < 4.78 is 0. The van der Waals surface area contributed by atoms with Crippen molar-refractivity contribution in [3.05, 3.63) is 35.9 Å². The van der Waals surface area contributed by atoms with Gasteiger partial charge in [-0.25, -0.2) is 0 Å². The first-order valence-corrected chi connectivity index (χ1v) is 5.85. The van der Waals surface area contributed by atoms with Gasteiger partial charge in [0.2, 0.25) is 0 Å². The van der Waals surface area contributed by atoms with E-state index in [-0.39, 0.29) is 0 Å². The molecule has 82 valence electrons. The van der Waals surface area contributed by atoms with Crippen LogP contribution in [0, 0.1) is 5.92 Å². The number of hydrogen-bond donors (Lipinski definition) is 1. The molecular formula is C13H20N2. The molecule has 0 radical (unpaired) electrons. The Hall–Kier alpha value is -0.860. The van der Waals surface area contributed by atoms with E-state index in [2.05, 4.69) is 35.2 Å². The monoisotopic (exact) mass is 204 g/mol. The molecule has 0 unspecified atom stereocenters. The molecule has 1 aromatic rings. The zero-order valence-corrected chi connectivity index (χ0v) is 9.23. The standard InChI is InChI=1S/C13H20N2/c14-9-13-10-15(11-13)8-4-7-12-5-2-1-3-6-12/h1-3,5-6,13H,4,7-11,14H2. The molecule has 0 bridgehead atoms. The van der Waals surface area contributed by atoms with Crippen molar-refractivity contribution in [2.75, 3.05) is 26.2 Å². The first-order chi connectivity index (χ1) is 7.38. The largest absolute Gasteiger partial charge is 0.330 e. The van der Waals surface area contributed by atoms with Gasteiger partial charge in [0.25, 0.3) is 0 Å². The predicted octanol–water partition coefficient (Wildman–Crippen LogP) is 1.51. The minimum atomic E-state index is 0.765. The molecule has 0 saturated carbocycles. The predicted molar refractivity (Wildman–Crippen MR) is 63.7 cm³/mol. The van der Waals surface area contributed by atoms with Gasteiger partial charge in [-0.05, 0) is 37.4 Å². The molecule has 0 atom stereocenters. The quantitative estimate of drug-likeness (QED) is 0.787. The maximum Gasteiger partial charge on any atom is 0.00341 e. The van der Waals surface area contributed by atoms with Crippen molar-refractivity contribution in [2.45, 2.75) is 12.8 Å². The number of nitrogens with two attached hydrogens (primary N) is 1. The maximum absolute atomic E-state index is 5.59. The minimum Gasteiger partial charge on any atom is -0.330 e. The molecule has 0 amide bonds. The summed E-state index contributed by atoms with van der Waals surface area (Å²) in [4.78, 5) is 2.50. The fourth-order valence-electron chi connectivity index (χ4n) is 2.16. The van der Waals surface area contributed by atoms with E-state index in [1.54, 1.807) is 0 Å². The van der Waals surface area contributed by atoms with Gasteiger partial charge in [0, 0.05) is 13.1 Å². The van der Waals surface area contributed by atoms with Gasteiger partial charge in [0.1, 0.15) is 0 Å². The van der Waals surface area contributed by atoms with Crippen LogP contribution in [0.2, 0.25) is 0 Å². The lowest BCUT2D eigenvalue weighted by atomic mass is 10.00. The van der Waals surface area contributed by atoms with Crippen LogP contribution in [-0.4, -0.2) is 31.1 Å².